The molecule has 2 aromatic rings. The van der Waals surface area contributed by atoms with Crippen LogP contribution in [0.15, 0.2) is 60.7 Å². The predicted molar refractivity (Wildman–Crippen MR) is 93.4 cm³/mol. The zero-order chi connectivity index (χ0) is 17.1. The summed E-state index contributed by atoms with van der Waals surface area (Å²) in [5, 5.41) is 0. The van der Waals surface area contributed by atoms with Crippen LogP contribution in [-0.4, -0.2) is 39.3 Å². The number of benzene rings is 2. The van der Waals surface area contributed by atoms with Crippen LogP contribution in [0.4, 0.5) is 0 Å². The van der Waals surface area contributed by atoms with Gasteiger partial charge in [-0.25, -0.2) is 0 Å². The fraction of sp³-hybridized carbons (Fsp3) is 0.368. The molecule has 2 atom stereocenters. The fourth-order valence-corrected chi connectivity index (χ4v) is 2.81. The molecule has 2 aliphatic heterocycles. The Morgan fingerprint density at radius 2 is 1.32 bits per heavy atom. The highest BCUT2D eigenvalue weighted by Gasteiger charge is 2.55. The van der Waals surface area contributed by atoms with E-state index < -0.39 is 7.32 Å². The number of ether oxygens (including phenoxy) is 2. The van der Waals surface area contributed by atoms with E-state index in [0.717, 1.165) is 13.2 Å². The van der Waals surface area contributed by atoms with Crippen LogP contribution in [-0.2, 0) is 14.1 Å². The third kappa shape index (κ3) is 4.15. The van der Waals surface area contributed by atoms with Gasteiger partial charge in [0.05, 0.1) is 25.4 Å². The summed E-state index contributed by atoms with van der Waals surface area (Å²) >= 11 is 0. The molecule has 5 nitrogen and oxygen atoms in total. The largest absolute Gasteiger partial charge is 0.788 e. The molecule has 2 aromatic carbocycles. The second kappa shape index (κ2) is 7.08. The first-order valence-corrected chi connectivity index (χ1v) is 8.52. The molecular formula is C19H21BO5. The first-order valence-electron chi connectivity index (χ1n) is 8.52. The Kier molecular flexibility index (Phi) is 4.66. The lowest BCUT2D eigenvalue weighted by molar-refractivity contribution is 0.0646. The van der Waals surface area contributed by atoms with Gasteiger partial charge in [0.1, 0.15) is 11.5 Å². The van der Waals surface area contributed by atoms with Gasteiger partial charge in [0, 0.05) is 12.0 Å². The summed E-state index contributed by atoms with van der Waals surface area (Å²) in [5.74, 6) is 1.38. The lowest BCUT2D eigenvalue weighted by atomic mass is 9.84. The standard InChI is InChI=1S/C19H21BO5/c1-19(17-12-21-17,18-13-22-18)14-23-20(24-15-8-4-2-5-9-15)25-16-10-6-3-7-11-16/h2-11,17-18H,12-14H2,1H3. The van der Waals surface area contributed by atoms with E-state index in [2.05, 4.69) is 6.92 Å². The van der Waals surface area contributed by atoms with Gasteiger partial charge >= 0.3 is 7.32 Å². The molecule has 0 amide bonds. The van der Waals surface area contributed by atoms with Crippen LogP contribution in [0.3, 0.4) is 0 Å². The Bertz CT molecular complexity index is 619. The van der Waals surface area contributed by atoms with Crippen molar-refractivity contribution in [2.75, 3.05) is 19.8 Å². The second-order valence-electron chi connectivity index (χ2n) is 6.61. The zero-order valence-electron chi connectivity index (χ0n) is 14.2. The molecule has 2 fully saturated rings. The Morgan fingerprint density at radius 1 is 0.880 bits per heavy atom. The highest BCUT2D eigenvalue weighted by molar-refractivity contribution is 6.38. The summed E-state index contributed by atoms with van der Waals surface area (Å²) in [6.45, 7) is 4.07. The maximum absolute atomic E-state index is 6.01. The molecule has 0 spiro atoms. The molecule has 0 aromatic heterocycles. The van der Waals surface area contributed by atoms with Gasteiger partial charge in [-0.05, 0) is 24.3 Å². The summed E-state index contributed by atoms with van der Waals surface area (Å²) in [6.07, 6.45) is 0.350. The number of epoxide rings is 2. The van der Waals surface area contributed by atoms with Crippen LogP contribution in [0.1, 0.15) is 6.92 Å². The molecule has 6 heteroatoms. The minimum atomic E-state index is -0.846. The molecule has 0 saturated carbocycles. The molecule has 130 valence electrons. The van der Waals surface area contributed by atoms with Crippen molar-refractivity contribution in [3.05, 3.63) is 60.7 Å². The smallest absolute Gasteiger partial charge is 0.501 e. The van der Waals surface area contributed by atoms with E-state index in [-0.39, 0.29) is 17.6 Å². The van der Waals surface area contributed by atoms with Crippen molar-refractivity contribution in [3.8, 4) is 11.5 Å². The van der Waals surface area contributed by atoms with Gasteiger partial charge in [-0.2, -0.15) is 0 Å². The Labute approximate surface area is 148 Å². The van der Waals surface area contributed by atoms with Gasteiger partial charge in [-0.15, -0.1) is 0 Å². The SMILES string of the molecule is CC(COB(Oc1ccccc1)Oc1ccccc1)(C1CO1)C1CO1. The van der Waals surface area contributed by atoms with Gasteiger partial charge in [0.2, 0.25) is 0 Å². The summed E-state index contributed by atoms with van der Waals surface area (Å²) in [7, 11) is -0.846. The lowest BCUT2D eigenvalue weighted by Gasteiger charge is -2.27. The minimum Gasteiger partial charge on any atom is -0.501 e. The second-order valence-corrected chi connectivity index (χ2v) is 6.61. The average Bonchev–Trinajstić information content (AvgIpc) is 3.52. The van der Waals surface area contributed by atoms with Crippen molar-refractivity contribution >= 4 is 7.32 Å². The van der Waals surface area contributed by atoms with Gasteiger partial charge in [-0.1, -0.05) is 43.3 Å². The van der Waals surface area contributed by atoms with Crippen LogP contribution in [0, 0.1) is 5.41 Å². The van der Waals surface area contributed by atoms with Crippen LogP contribution >= 0.6 is 0 Å². The van der Waals surface area contributed by atoms with Gasteiger partial charge in [-0.3, -0.25) is 0 Å². The van der Waals surface area contributed by atoms with E-state index in [1.165, 1.54) is 0 Å². The lowest BCUT2D eigenvalue weighted by Crippen LogP contribution is -2.42. The number of rotatable bonds is 9. The van der Waals surface area contributed by atoms with E-state index >= 15 is 0 Å². The first-order chi connectivity index (χ1) is 12.2. The van der Waals surface area contributed by atoms with Gasteiger partial charge < -0.3 is 23.4 Å². The van der Waals surface area contributed by atoms with E-state index in [0.29, 0.717) is 18.1 Å². The maximum Gasteiger partial charge on any atom is 0.788 e. The van der Waals surface area contributed by atoms with Crippen LogP contribution in [0.5, 0.6) is 11.5 Å². The monoisotopic (exact) mass is 340 g/mol. The molecule has 2 saturated heterocycles. The molecular weight excluding hydrogens is 319 g/mol. The highest BCUT2D eigenvalue weighted by Crippen LogP contribution is 2.42. The van der Waals surface area contributed by atoms with Crippen molar-refractivity contribution < 1.29 is 23.4 Å². The molecule has 0 aliphatic carbocycles. The predicted octanol–water partition coefficient (Wildman–Crippen LogP) is 2.95. The van der Waals surface area contributed by atoms with Crippen molar-refractivity contribution in [1.29, 1.82) is 0 Å². The Morgan fingerprint density at radius 3 is 1.72 bits per heavy atom. The Hall–Kier alpha value is -2.02. The molecule has 0 radical (unpaired) electrons. The molecule has 2 heterocycles. The molecule has 2 aliphatic rings. The number of para-hydroxylation sites is 2. The van der Waals surface area contributed by atoms with Crippen molar-refractivity contribution in [2.24, 2.45) is 5.41 Å². The third-order valence-electron chi connectivity index (χ3n) is 4.62. The molecule has 4 rings (SSSR count). The summed E-state index contributed by atoms with van der Waals surface area (Å²) in [4.78, 5) is 0. The Balaban J connectivity index is 1.44. The normalized spacial score (nSPS) is 23.4. The number of hydrogen-bond acceptors (Lipinski definition) is 5. The molecule has 0 bridgehead atoms. The van der Waals surface area contributed by atoms with Gasteiger partial charge in [0.25, 0.3) is 0 Å². The van der Waals surface area contributed by atoms with Crippen LogP contribution in [0.25, 0.3) is 0 Å². The zero-order valence-corrected chi connectivity index (χ0v) is 14.2. The average molecular weight is 340 g/mol. The van der Waals surface area contributed by atoms with E-state index in [1.807, 2.05) is 60.7 Å². The van der Waals surface area contributed by atoms with Crippen LogP contribution in [0.2, 0.25) is 0 Å². The minimum absolute atomic E-state index is 0.175. The van der Waals surface area contributed by atoms with E-state index in [9.17, 15) is 0 Å². The van der Waals surface area contributed by atoms with Crippen LogP contribution < -0.4 is 9.31 Å². The maximum atomic E-state index is 6.01. The van der Waals surface area contributed by atoms with Crippen molar-refractivity contribution in [1.82, 2.24) is 0 Å². The first kappa shape index (κ1) is 16.5. The molecule has 25 heavy (non-hydrogen) atoms. The third-order valence-corrected chi connectivity index (χ3v) is 4.62. The summed E-state index contributed by atoms with van der Waals surface area (Å²) < 4.78 is 28.8. The quantitative estimate of drug-likeness (QED) is 0.519. The number of hydrogen-bond donors (Lipinski definition) is 0. The van der Waals surface area contributed by atoms with Gasteiger partial charge in [0.15, 0.2) is 0 Å². The van der Waals surface area contributed by atoms with E-state index in [1.54, 1.807) is 0 Å². The fourth-order valence-electron chi connectivity index (χ4n) is 2.81. The van der Waals surface area contributed by atoms with Crippen molar-refractivity contribution in [2.45, 2.75) is 19.1 Å². The summed E-state index contributed by atoms with van der Waals surface area (Å²) in [6, 6.07) is 19.0. The summed E-state index contributed by atoms with van der Waals surface area (Å²) in [5.41, 5.74) is -0.182. The highest BCUT2D eigenvalue weighted by atomic mass is 16.7. The topological polar surface area (TPSA) is 52.8 Å². The molecule has 2 unspecified atom stereocenters. The van der Waals surface area contributed by atoms with E-state index in [4.69, 9.17) is 23.4 Å². The van der Waals surface area contributed by atoms with Crippen molar-refractivity contribution in [3.63, 3.8) is 0 Å². The molecule has 0 N–H and O–H groups in total.